The molecule has 0 radical (unpaired) electrons. The highest BCUT2D eigenvalue weighted by molar-refractivity contribution is 8.76. The van der Waals surface area contributed by atoms with Crippen LogP contribution in [0.2, 0.25) is 0 Å². The Bertz CT molecular complexity index is 417. The van der Waals surface area contributed by atoms with Gasteiger partial charge in [0.25, 0.3) is 0 Å². The van der Waals surface area contributed by atoms with E-state index in [-0.39, 0.29) is 0 Å². The minimum Gasteiger partial charge on any atom is -0.384 e. The van der Waals surface area contributed by atoms with E-state index in [1.165, 1.54) is 11.4 Å². The third kappa shape index (κ3) is 6.26. The van der Waals surface area contributed by atoms with Crippen molar-refractivity contribution < 1.29 is 0 Å². The van der Waals surface area contributed by atoms with Crippen LogP contribution in [-0.4, -0.2) is 24.6 Å². The lowest BCUT2D eigenvalue weighted by Crippen LogP contribution is -2.04. The van der Waals surface area contributed by atoms with Gasteiger partial charge in [0.05, 0.1) is 0 Å². The van der Waals surface area contributed by atoms with Gasteiger partial charge in [-0.25, -0.2) is 0 Å². The fourth-order valence-electron chi connectivity index (χ4n) is 1.70. The average molecular weight is 304 g/mol. The molecule has 0 bridgehead atoms. The molecule has 0 atom stereocenters. The molecule has 0 saturated heterocycles. The van der Waals surface area contributed by atoms with Crippen LogP contribution in [-0.2, 0) is 0 Å². The van der Waals surface area contributed by atoms with Gasteiger partial charge in [0.1, 0.15) is 0 Å². The van der Waals surface area contributed by atoms with Crippen LogP contribution < -0.4 is 10.6 Å². The van der Waals surface area contributed by atoms with Crippen molar-refractivity contribution >= 4 is 33.0 Å². The molecular weight excluding hydrogens is 284 g/mol. The van der Waals surface area contributed by atoms with Gasteiger partial charge in [-0.05, 0) is 24.3 Å². The minimum atomic E-state index is 1.01. The molecule has 20 heavy (non-hydrogen) atoms. The molecule has 0 aromatic heterocycles. The van der Waals surface area contributed by atoms with Crippen LogP contribution in [0.25, 0.3) is 0 Å². The van der Waals surface area contributed by atoms with Crippen molar-refractivity contribution in [3.63, 3.8) is 0 Å². The summed E-state index contributed by atoms with van der Waals surface area (Å²) in [4.78, 5) is 0. The highest BCUT2D eigenvalue weighted by atomic mass is 33.1. The molecule has 2 aromatic carbocycles. The van der Waals surface area contributed by atoms with Crippen LogP contribution in [0.4, 0.5) is 11.4 Å². The predicted molar refractivity (Wildman–Crippen MR) is 94.8 cm³/mol. The molecule has 0 spiro atoms. The molecule has 0 unspecified atom stereocenters. The van der Waals surface area contributed by atoms with Crippen molar-refractivity contribution in [3.05, 3.63) is 60.7 Å². The molecule has 0 aliphatic carbocycles. The second-order valence-corrected chi connectivity index (χ2v) is 6.93. The lowest BCUT2D eigenvalue weighted by molar-refractivity contribution is 1.23. The van der Waals surface area contributed by atoms with Crippen LogP contribution in [0, 0.1) is 0 Å². The van der Waals surface area contributed by atoms with E-state index >= 15 is 0 Å². The number of para-hydroxylation sites is 2. The smallest absolute Gasteiger partial charge is 0.0340 e. The van der Waals surface area contributed by atoms with E-state index in [4.69, 9.17) is 0 Å². The zero-order valence-corrected chi connectivity index (χ0v) is 13.1. The maximum absolute atomic E-state index is 3.41. The highest BCUT2D eigenvalue weighted by Gasteiger charge is 1.93. The Labute approximate surface area is 129 Å². The number of nitrogens with one attached hydrogen (secondary N) is 2. The summed E-state index contributed by atoms with van der Waals surface area (Å²) in [5.41, 5.74) is 2.40. The summed E-state index contributed by atoms with van der Waals surface area (Å²) >= 11 is 0. The molecule has 0 fully saturated rings. The summed E-state index contributed by atoms with van der Waals surface area (Å²) in [6.07, 6.45) is 0. The van der Waals surface area contributed by atoms with Crippen LogP contribution >= 0.6 is 21.6 Å². The molecule has 0 saturated carbocycles. The van der Waals surface area contributed by atoms with Gasteiger partial charge in [-0.2, -0.15) is 0 Å². The Kier molecular flexibility index (Phi) is 7.28. The van der Waals surface area contributed by atoms with Gasteiger partial charge in [0, 0.05) is 36.0 Å². The Morgan fingerprint density at radius 1 is 0.600 bits per heavy atom. The maximum Gasteiger partial charge on any atom is 0.0340 e. The number of rotatable bonds is 9. The number of anilines is 2. The van der Waals surface area contributed by atoms with E-state index in [9.17, 15) is 0 Å². The Balaban J connectivity index is 1.44. The molecule has 2 rings (SSSR count). The first-order valence-corrected chi connectivity index (χ1v) is 9.26. The van der Waals surface area contributed by atoms with Crippen molar-refractivity contribution in [1.29, 1.82) is 0 Å². The second-order valence-electron chi connectivity index (χ2n) is 4.23. The fourth-order valence-corrected chi connectivity index (χ4v) is 3.52. The van der Waals surface area contributed by atoms with Crippen molar-refractivity contribution in [2.45, 2.75) is 0 Å². The summed E-state index contributed by atoms with van der Waals surface area (Å²) < 4.78 is 0. The molecule has 4 heteroatoms. The molecule has 0 aliphatic heterocycles. The summed E-state index contributed by atoms with van der Waals surface area (Å²) in [7, 11) is 3.84. The van der Waals surface area contributed by atoms with Crippen molar-refractivity contribution in [1.82, 2.24) is 0 Å². The lowest BCUT2D eigenvalue weighted by Gasteiger charge is -2.07. The van der Waals surface area contributed by atoms with Crippen LogP contribution in [0.1, 0.15) is 0 Å². The molecule has 2 aromatic rings. The number of hydrogen-bond acceptors (Lipinski definition) is 4. The average Bonchev–Trinajstić information content (AvgIpc) is 2.52. The maximum atomic E-state index is 3.41. The van der Waals surface area contributed by atoms with E-state index in [1.54, 1.807) is 0 Å². The molecular formula is C16H20N2S2. The predicted octanol–water partition coefficient (Wildman–Crippen LogP) is 4.59. The second kappa shape index (κ2) is 9.61. The summed E-state index contributed by atoms with van der Waals surface area (Å²) in [6, 6.07) is 20.7. The Morgan fingerprint density at radius 3 is 1.40 bits per heavy atom. The standard InChI is InChI=1S/C16H20N2S2/c1-3-7-15(8-4-1)17-11-13-19-20-14-12-18-16-9-5-2-6-10-16/h1-10,17-18H,11-14H2. The van der Waals surface area contributed by atoms with Gasteiger partial charge < -0.3 is 10.6 Å². The topological polar surface area (TPSA) is 24.1 Å². The van der Waals surface area contributed by atoms with Crippen LogP contribution in [0.3, 0.4) is 0 Å². The summed E-state index contributed by atoms with van der Waals surface area (Å²) in [5, 5.41) is 6.82. The van der Waals surface area contributed by atoms with Crippen molar-refractivity contribution in [2.24, 2.45) is 0 Å². The highest BCUT2D eigenvalue weighted by Crippen LogP contribution is 2.20. The van der Waals surface area contributed by atoms with Crippen molar-refractivity contribution in [2.75, 3.05) is 35.2 Å². The number of benzene rings is 2. The SMILES string of the molecule is c1ccc(NCCSSCCNc2ccccc2)cc1. The van der Waals surface area contributed by atoms with E-state index in [1.807, 2.05) is 33.7 Å². The van der Waals surface area contributed by atoms with Crippen LogP contribution in [0.15, 0.2) is 60.7 Å². The summed E-state index contributed by atoms with van der Waals surface area (Å²) in [5.74, 6) is 2.23. The largest absolute Gasteiger partial charge is 0.384 e. The minimum absolute atomic E-state index is 1.01. The summed E-state index contributed by atoms with van der Waals surface area (Å²) in [6.45, 7) is 2.02. The normalized spacial score (nSPS) is 10.2. The fraction of sp³-hybridized carbons (Fsp3) is 0.250. The zero-order chi connectivity index (χ0) is 13.9. The zero-order valence-electron chi connectivity index (χ0n) is 11.4. The van der Waals surface area contributed by atoms with E-state index in [2.05, 4.69) is 59.2 Å². The van der Waals surface area contributed by atoms with Gasteiger partial charge in [-0.1, -0.05) is 58.0 Å². The van der Waals surface area contributed by atoms with Gasteiger partial charge in [-0.15, -0.1) is 0 Å². The third-order valence-corrected chi connectivity index (χ3v) is 5.07. The first-order chi connectivity index (χ1) is 9.95. The molecule has 0 heterocycles. The van der Waals surface area contributed by atoms with Gasteiger partial charge in [0.2, 0.25) is 0 Å². The van der Waals surface area contributed by atoms with E-state index < -0.39 is 0 Å². The van der Waals surface area contributed by atoms with Gasteiger partial charge >= 0.3 is 0 Å². The Morgan fingerprint density at radius 2 is 1.00 bits per heavy atom. The molecule has 2 nitrogen and oxygen atoms in total. The first-order valence-electron chi connectivity index (χ1n) is 6.77. The van der Waals surface area contributed by atoms with Crippen LogP contribution in [0.5, 0.6) is 0 Å². The van der Waals surface area contributed by atoms with Gasteiger partial charge in [0.15, 0.2) is 0 Å². The first kappa shape index (κ1) is 15.1. The van der Waals surface area contributed by atoms with Crippen molar-refractivity contribution in [3.8, 4) is 0 Å². The van der Waals surface area contributed by atoms with E-state index in [0.29, 0.717) is 0 Å². The van der Waals surface area contributed by atoms with E-state index in [0.717, 1.165) is 24.6 Å². The monoisotopic (exact) mass is 304 g/mol. The molecule has 106 valence electrons. The quantitative estimate of drug-likeness (QED) is 0.522. The lowest BCUT2D eigenvalue weighted by atomic mass is 10.3. The Hall–Kier alpha value is -1.26. The van der Waals surface area contributed by atoms with Gasteiger partial charge in [-0.3, -0.25) is 0 Å². The number of hydrogen-bond donors (Lipinski definition) is 2. The molecule has 0 amide bonds. The third-order valence-electron chi connectivity index (χ3n) is 2.66. The molecule has 0 aliphatic rings. The molecule has 2 N–H and O–H groups in total.